The maximum absolute atomic E-state index is 4.54. The monoisotopic (exact) mass is 317 g/mol. The maximum Gasteiger partial charge on any atom is 0.0594 e. The molecule has 24 heavy (non-hydrogen) atoms. The SMILES string of the molecule is Cc1ccc(NCc2ccc(CNc3ccc(C)cc3)nc2)cc1. The van der Waals surface area contributed by atoms with Gasteiger partial charge in [0.15, 0.2) is 0 Å². The Morgan fingerprint density at radius 3 is 1.71 bits per heavy atom. The first-order valence-electron chi connectivity index (χ1n) is 8.24. The Hall–Kier alpha value is -2.81. The molecule has 0 amide bonds. The van der Waals surface area contributed by atoms with Gasteiger partial charge in [-0.15, -0.1) is 0 Å². The quantitative estimate of drug-likeness (QED) is 0.677. The summed E-state index contributed by atoms with van der Waals surface area (Å²) < 4.78 is 0. The van der Waals surface area contributed by atoms with Crippen molar-refractivity contribution in [3.63, 3.8) is 0 Å². The van der Waals surface area contributed by atoms with Gasteiger partial charge in [0, 0.05) is 24.1 Å². The van der Waals surface area contributed by atoms with Crippen LogP contribution in [-0.4, -0.2) is 4.98 Å². The number of nitrogens with one attached hydrogen (secondary N) is 2. The minimum absolute atomic E-state index is 0.731. The lowest BCUT2D eigenvalue weighted by Gasteiger charge is -2.09. The van der Waals surface area contributed by atoms with Crippen LogP contribution >= 0.6 is 0 Å². The standard InChI is InChI=1S/C21H23N3/c1-16-3-8-19(9-4-16)22-13-18-7-12-21(23-14-18)15-24-20-10-5-17(2)6-11-20/h3-12,14,22,24H,13,15H2,1-2H3. The second kappa shape index (κ2) is 7.64. The van der Waals surface area contributed by atoms with Crippen molar-refractivity contribution in [2.45, 2.75) is 26.9 Å². The number of hydrogen-bond acceptors (Lipinski definition) is 3. The Bertz CT molecular complexity index is 691. The average molecular weight is 317 g/mol. The van der Waals surface area contributed by atoms with E-state index in [0.717, 1.165) is 30.2 Å². The fourth-order valence-corrected chi connectivity index (χ4v) is 2.40. The van der Waals surface area contributed by atoms with E-state index in [1.54, 1.807) is 0 Å². The van der Waals surface area contributed by atoms with Gasteiger partial charge in [-0.2, -0.15) is 0 Å². The molecular weight excluding hydrogens is 294 g/mol. The summed E-state index contributed by atoms with van der Waals surface area (Å²) in [6.07, 6.45) is 1.94. The number of pyridine rings is 1. The zero-order valence-electron chi connectivity index (χ0n) is 14.2. The van der Waals surface area contributed by atoms with Gasteiger partial charge in [0.2, 0.25) is 0 Å². The van der Waals surface area contributed by atoms with Crippen molar-refractivity contribution in [1.82, 2.24) is 4.98 Å². The van der Waals surface area contributed by atoms with E-state index in [2.05, 4.69) is 90.1 Å². The Kier molecular flexibility index (Phi) is 5.12. The van der Waals surface area contributed by atoms with Crippen LogP contribution in [0.15, 0.2) is 66.9 Å². The molecule has 2 aromatic carbocycles. The van der Waals surface area contributed by atoms with Gasteiger partial charge in [-0.3, -0.25) is 4.98 Å². The van der Waals surface area contributed by atoms with Gasteiger partial charge >= 0.3 is 0 Å². The number of nitrogens with zero attached hydrogens (tertiary/aromatic N) is 1. The van der Waals surface area contributed by atoms with E-state index < -0.39 is 0 Å². The first-order chi connectivity index (χ1) is 11.7. The van der Waals surface area contributed by atoms with E-state index in [1.807, 2.05) is 6.20 Å². The van der Waals surface area contributed by atoms with Crippen molar-refractivity contribution >= 4 is 11.4 Å². The summed E-state index contributed by atoms with van der Waals surface area (Å²) in [4.78, 5) is 4.54. The minimum Gasteiger partial charge on any atom is -0.381 e. The first kappa shape index (κ1) is 16.1. The molecule has 0 spiro atoms. The summed E-state index contributed by atoms with van der Waals surface area (Å²) in [6.45, 7) is 5.70. The summed E-state index contributed by atoms with van der Waals surface area (Å²) in [5.74, 6) is 0. The lowest BCUT2D eigenvalue weighted by Crippen LogP contribution is -2.04. The number of aryl methyl sites for hydroxylation is 2. The molecule has 122 valence electrons. The van der Waals surface area contributed by atoms with E-state index in [1.165, 1.54) is 16.7 Å². The van der Waals surface area contributed by atoms with Gasteiger partial charge in [-0.1, -0.05) is 41.5 Å². The van der Waals surface area contributed by atoms with Crippen LogP contribution in [0, 0.1) is 13.8 Å². The predicted molar refractivity (Wildman–Crippen MR) is 101 cm³/mol. The van der Waals surface area contributed by atoms with Crippen LogP contribution in [0.3, 0.4) is 0 Å². The average Bonchev–Trinajstić information content (AvgIpc) is 2.62. The fourth-order valence-electron chi connectivity index (χ4n) is 2.40. The fraction of sp³-hybridized carbons (Fsp3) is 0.190. The van der Waals surface area contributed by atoms with Crippen molar-refractivity contribution in [2.24, 2.45) is 0 Å². The lowest BCUT2D eigenvalue weighted by atomic mass is 10.2. The molecule has 0 bridgehead atoms. The summed E-state index contributed by atoms with van der Waals surface area (Å²) in [7, 11) is 0. The molecule has 0 atom stereocenters. The van der Waals surface area contributed by atoms with Crippen molar-refractivity contribution < 1.29 is 0 Å². The van der Waals surface area contributed by atoms with Crippen LogP contribution in [0.4, 0.5) is 11.4 Å². The van der Waals surface area contributed by atoms with E-state index in [9.17, 15) is 0 Å². The highest BCUT2D eigenvalue weighted by Crippen LogP contribution is 2.12. The molecule has 0 aliphatic rings. The number of anilines is 2. The molecular formula is C21H23N3. The minimum atomic E-state index is 0.731. The molecule has 0 aliphatic heterocycles. The summed E-state index contributed by atoms with van der Waals surface area (Å²) in [5, 5.41) is 6.81. The second-order valence-corrected chi connectivity index (χ2v) is 6.10. The molecule has 0 fully saturated rings. The normalized spacial score (nSPS) is 10.4. The van der Waals surface area contributed by atoms with E-state index >= 15 is 0 Å². The zero-order chi connectivity index (χ0) is 16.8. The molecule has 3 nitrogen and oxygen atoms in total. The molecule has 3 aromatic rings. The van der Waals surface area contributed by atoms with Crippen LogP contribution in [0.5, 0.6) is 0 Å². The summed E-state index contributed by atoms with van der Waals surface area (Å²) in [5.41, 5.74) is 7.00. The molecule has 1 aromatic heterocycles. The van der Waals surface area contributed by atoms with E-state index in [-0.39, 0.29) is 0 Å². The van der Waals surface area contributed by atoms with Crippen molar-refractivity contribution in [2.75, 3.05) is 10.6 Å². The third kappa shape index (κ3) is 4.59. The number of benzene rings is 2. The molecule has 3 heteroatoms. The first-order valence-corrected chi connectivity index (χ1v) is 8.24. The van der Waals surface area contributed by atoms with E-state index in [0.29, 0.717) is 0 Å². The van der Waals surface area contributed by atoms with E-state index in [4.69, 9.17) is 0 Å². The molecule has 0 radical (unpaired) electrons. The van der Waals surface area contributed by atoms with Gasteiger partial charge in [-0.05, 0) is 49.7 Å². The van der Waals surface area contributed by atoms with Gasteiger partial charge in [0.1, 0.15) is 0 Å². The van der Waals surface area contributed by atoms with Gasteiger partial charge in [0.05, 0.1) is 12.2 Å². The maximum atomic E-state index is 4.54. The summed E-state index contributed by atoms with van der Waals surface area (Å²) >= 11 is 0. The smallest absolute Gasteiger partial charge is 0.0594 e. The molecule has 0 saturated carbocycles. The van der Waals surface area contributed by atoms with Gasteiger partial charge in [-0.25, -0.2) is 0 Å². The number of hydrogen-bond donors (Lipinski definition) is 2. The lowest BCUT2D eigenvalue weighted by molar-refractivity contribution is 1.02. The highest BCUT2D eigenvalue weighted by Gasteiger charge is 1.98. The second-order valence-electron chi connectivity index (χ2n) is 6.10. The number of rotatable bonds is 6. The van der Waals surface area contributed by atoms with Crippen LogP contribution in [0.2, 0.25) is 0 Å². The van der Waals surface area contributed by atoms with Crippen LogP contribution < -0.4 is 10.6 Å². The predicted octanol–water partition coefficient (Wildman–Crippen LogP) is 4.92. The Labute approximate surface area is 143 Å². The van der Waals surface area contributed by atoms with Crippen molar-refractivity contribution in [3.8, 4) is 0 Å². The van der Waals surface area contributed by atoms with Gasteiger partial charge < -0.3 is 10.6 Å². The van der Waals surface area contributed by atoms with Crippen LogP contribution in [-0.2, 0) is 13.1 Å². The molecule has 2 N–H and O–H groups in total. The molecule has 3 rings (SSSR count). The van der Waals surface area contributed by atoms with Crippen molar-refractivity contribution in [1.29, 1.82) is 0 Å². The highest BCUT2D eigenvalue weighted by atomic mass is 14.9. The Morgan fingerprint density at radius 1 is 0.667 bits per heavy atom. The number of aromatic nitrogens is 1. The van der Waals surface area contributed by atoms with Crippen LogP contribution in [0.25, 0.3) is 0 Å². The van der Waals surface area contributed by atoms with Crippen LogP contribution in [0.1, 0.15) is 22.4 Å². The largest absolute Gasteiger partial charge is 0.381 e. The van der Waals surface area contributed by atoms with Gasteiger partial charge in [0.25, 0.3) is 0 Å². The highest BCUT2D eigenvalue weighted by molar-refractivity contribution is 5.45. The molecule has 0 aliphatic carbocycles. The van der Waals surface area contributed by atoms with Crippen molar-refractivity contribution in [3.05, 3.63) is 89.2 Å². The summed E-state index contributed by atoms with van der Waals surface area (Å²) in [6, 6.07) is 21.0. The third-order valence-corrected chi connectivity index (χ3v) is 3.96. The molecule has 0 saturated heterocycles. The zero-order valence-corrected chi connectivity index (χ0v) is 14.2. The Morgan fingerprint density at radius 2 is 1.21 bits per heavy atom. The topological polar surface area (TPSA) is 37.0 Å². The molecule has 1 heterocycles. The third-order valence-electron chi connectivity index (χ3n) is 3.96. The Balaban J connectivity index is 1.51. The molecule has 0 unspecified atom stereocenters.